The van der Waals surface area contributed by atoms with Crippen LogP contribution in [0.15, 0.2) is 54.0 Å². The smallest absolute Gasteiger partial charge is 0.420 e. The van der Waals surface area contributed by atoms with Gasteiger partial charge in [-0.15, -0.1) is 11.3 Å². The van der Waals surface area contributed by atoms with E-state index in [0.29, 0.717) is 23.0 Å². The molecule has 0 bridgehead atoms. The van der Waals surface area contributed by atoms with Gasteiger partial charge >= 0.3 is 12.4 Å². The highest BCUT2D eigenvalue weighted by Gasteiger charge is 2.43. The first-order valence-electron chi connectivity index (χ1n) is 10.8. The number of nitrogens with one attached hydrogen (secondary N) is 2. The number of amides is 1. The summed E-state index contributed by atoms with van der Waals surface area (Å²) in [5, 5.41) is 3.92. The van der Waals surface area contributed by atoms with Gasteiger partial charge in [0.25, 0.3) is 11.7 Å². The molecule has 1 amide bonds. The number of hydrogen-bond acceptors (Lipinski definition) is 4. The number of fused-ring (bicyclic) bond motifs is 1. The maximum absolute atomic E-state index is 14.0. The van der Waals surface area contributed by atoms with Gasteiger partial charge in [0.15, 0.2) is 5.75 Å². The molecule has 0 radical (unpaired) electrons. The Morgan fingerprint density at radius 2 is 1.62 bits per heavy atom. The number of Topliss-reactive ketones (excluding diaryl/α,β-unsaturated/α-hetero) is 1. The SMILES string of the molecule is CC(C)c1c[nH]c2ccc(Oc3c(C(F)(F)F)cc(NC(=O)C(=O)c4cccs4)cc3C(F)(F)F)cc12. The topological polar surface area (TPSA) is 71.2 Å². The minimum absolute atomic E-state index is 0.0227. The van der Waals surface area contributed by atoms with Crippen molar-refractivity contribution >= 4 is 39.6 Å². The maximum Gasteiger partial charge on any atom is 0.420 e. The van der Waals surface area contributed by atoms with Crippen LogP contribution in [-0.4, -0.2) is 16.7 Å². The summed E-state index contributed by atoms with van der Waals surface area (Å²) in [6.07, 6.45) is -8.86. The maximum atomic E-state index is 14.0. The predicted molar refractivity (Wildman–Crippen MR) is 126 cm³/mol. The number of aromatic nitrogens is 1. The highest BCUT2D eigenvalue weighted by atomic mass is 32.1. The Balaban J connectivity index is 1.80. The second kappa shape index (κ2) is 9.58. The Kier molecular flexibility index (Phi) is 6.80. The number of alkyl halides is 6. The lowest BCUT2D eigenvalue weighted by Crippen LogP contribution is -2.23. The minimum atomic E-state index is -5.28. The number of carbonyl (C=O) groups is 2. The largest absolute Gasteiger partial charge is 0.456 e. The van der Waals surface area contributed by atoms with Crippen molar-refractivity contribution in [3.63, 3.8) is 0 Å². The van der Waals surface area contributed by atoms with E-state index in [2.05, 4.69) is 4.98 Å². The van der Waals surface area contributed by atoms with Crippen molar-refractivity contribution in [2.75, 3.05) is 5.32 Å². The van der Waals surface area contributed by atoms with Gasteiger partial charge in [0.05, 0.1) is 4.88 Å². The van der Waals surface area contributed by atoms with E-state index < -0.39 is 46.6 Å². The van der Waals surface area contributed by atoms with E-state index in [1.54, 1.807) is 6.20 Å². The number of hydrogen-bond donors (Lipinski definition) is 2. The van der Waals surface area contributed by atoms with Crippen LogP contribution >= 0.6 is 11.3 Å². The lowest BCUT2D eigenvalue weighted by molar-refractivity contribution is -0.145. The molecule has 0 saturated heterocycles. The molecule has 5 nitrogen and oxygen atoms in total. The van der Waals surface area contributed by atoms with Crippen LogP contribution < -0.4 is 10.1 Å². The lowest BCUT2D eigenvalue weighted by Gasteiger charge is -2.21. The van der Waals surface area contributed by atoms with E-state index in [-0.39, 0.29) is 16.5 Å². The van der Waals surface area contributed by atoms with Crippen molar-refractivity contribution in [3.8, 4) is 11.5 Å². The summed E-state index contributed by atoms with van der Waals surface area (Å²) in [6, 6.07) is 7.47. The molecule has 0 saturated carbocycles. The van der Waals surface area contributed by atoms with Crippen LogP contribution in [0.1, 0.15) is 46.1 Å². The highest BCUT2D eigenvalue weighted by molar-refractivity contribution is 7.13. The molecule has 2 aromatic heterocycles. The van der Waals surface area contributed by atoms with Crippen molar-refractivity contribution in [1.29, 1.82) is 0 Å². The second-order valence-electron chi connectivity index (χ2n) is 8.36. The number of anilines is 1. The van der Waals surface area contributed by atoms with Gasteiger partial charge in [-0.2, -0.15) is 26.3 Å². The Morgan fingerprint density at radius 3 is 2.16 bits per heavy atom. The summed E-state index contributed by atoms with van der Waals surface area (Å²) >= 11 is 0.900. The summed E-state index contributed by atoms with van der Waals surface area (Å²) in [7, 11) is 0. The van der Waals surface area contributed by atoms with E-state index in [4.69, 9.17) is 4.74 Å². The van der Waals surface area contributed by atoms with E-state index >= 15 is 0 Å². The Bertz CT molecular complexity index is 1440. The fraction of sp³-hybridized carbons (Fsp3) is 0.200. The van der Waals surface area contributed by atoms with Crippen molar-refractivity contribution in [2.24, 2.45) is 0 Å². The van der Waals surface area contributed by atoms with Crippen LogP contribution in [0.2, 0.25) is 0 Å². The van der Waals surface area contributed by atoms with Crippen LogP contribution in [-0.2, 0) is 17.1 Å². The Labute approximate surface area is 210 Å². The fourth-order valence-electron chi connectivity index (χ4n) is 3.72. The van der Waals surface area contributed by atoms with Gasteiger partial charge in [0, 0.05) is 22.8 Å². The number of thiophene rings is 1. The zero-order chi connectivity index (χ0) is 27.1. The van der Waals surface area contributed by atoms with E-state index in [1.807, 2.05) is 19.2 Å². The molecule has 4 rings (SSSR count). The van der Waals surface area contributed by atoms with E-state index in [9.17, 15) is 35.9 Å². The number of carbonyl (C=O) groups excluding carboxylic acids is 2. The van der Waals surface area contributed by atoms with Gasteiger partial charge in [-0.1, -0.05) is 19.9 Å². The minimum Gasteiger partial charge on any atom is -0.456 e. The molecule has 12 heteroatoms. The van der Waals surface area contributed by atoms with Crippen molar-refractivity contribution in [1.82, 2.24) is 4.98 Å². The molecule has 2 heterocycles. The number of halogens is 6. The van der Waals surface area contributed by atoms with Gasteiger partial charge < -0.3 is 15.0 Å². The molecular formula is C25H18F6N2O3S. The van der Waals surface area contributed by atoms with Crippen LogP contribution in [0.25, 0.3) is 10.9 Å². The fourth-order valence-corrected chi connectivity index (χ4v) is 4.38. The predicted octanol–water partition coefficient (Wildman–Crippen LogP) is 8.00. The third-order valence-corrected chi connectivity index (χ3v) is 6.30. The normalized spacial score (nSPS) is 12.2. The van der Waals surface area contributed by atoms with Crippen LogP contribution in [0.5, 0.6) is 11.5 Å². The number of rotatable bonds is 6. The molecule has 0 atom stereocenters. The molecular weight excluding hydrogens is 522 g/mol. The standard InChI is InChI=1S/C25H18F6N2O3S/c1-12(2)16-11-32-19-6-5-14(10-15(16)19)36-22-17(24(26,27)28)8-13(9-18(22)25(29,30)31)33-23(35)21(34)20-4-3-7-37-20/h3-12,32H,1-2H3,(H,33,35). The first kappa shape index (κ1) is 26.3. The third kappa shape index (κ3) is 5.48. The van der Waals surface area contributed by atoms with Crippen LogP contribution in [0.3, 0.4) is 0 Å². The molecule has 0 unspecified atom stereocenters. The van der Waals surface area contributed by atoms with Gasteiger partial charge in [-0.05, 0) is 53.3 Å². The summed E-state index contributed by atoms with van der Waals surface area (Å²) in [5.74, 6) is -4.16. The molecule has 0 aliphatic rings. The van der Waals surface area contributed by atoms with Crippen molar-refractivity contribution < 1.29 is 40.7 Å². The second-order valence-corrected chi connectivity index (χ2v) is 9.31. The van der Waals surface area contributed by atoms with Gasteiger partial charge in [0.2, 0.25) is 0 Å². The molecule has 194 valence electrons. The number of ether oxygens (including phenoxy) is 1. The molecule has 0 aliphatic carbocycles. The monoisotopic (exact) mass is 540 g/mol. The van der Waals surface area contributed by atoms with E-state index in [1.165, 1.54) is 35.7 Å². The van der Waals surface area contributed by atoms with Gasteiger partial charge in [-0.25, -0.2) is 0 Å². The Morgan fingerprint density at radius 1 is 0.973 bits per heavy atom. The lowest BCUT2D eigenvalue weighted by atomic mass is 10.0. The molecule has 0 spiro atoms. The average molecular weight is 540 g/mol. The van der Waals surface area contributed by atoms with Crippen LogP contribution in [0.4, 0.5) is 32.0 Å². The average Bonchev–Trinajstić information content (AvgIpc) is 3.47. The number of benzene rings is 2. The summed E-state index contributed by atoms with van der Waals surface area (Å²) < 4.78 is 89.0. The zero-order valence-electron chi connectivity index (χ0n) is 19.2. The van der Waals surface area contributed by atoms with E-state index in [0.717, 1.165) is 16.9 Å². The van der Waals surface area contributed by atoms with Crippen molar-refractivity contribution in [3.05, 3.63) is 75.6 Å². The van der Waals surface area contributed by atoms with Gasteiger partial charge in [0.1, 0.15) is 16.9 Å². The summed E-state index contributed by atoms with van der Waals surface area (Å²) in [5.41, 5.74) is -2.94. The zero-order valence-corrected chi connectivity index (χ0v) is 20.0. The number of aromatic amines is 1. The summed E-state index contributed by atoms with van der Waals surface area (Å²) in [6.45, 7) is 3.77. The molecule has 0 aliphatic heterocycles. The molecule has 2 N–H and O–H groups in total. The molecule has 2 aromatic carbocycles. The number of ketones is 1. The first-order chi connectivity index (χ1) is 17.3. The van der Waals surface area contributed by atoms with Crippen molar-refractivity contribution in [2.45, 2.75) is 32.1 Å². The first-order valence-corrected chi connectivity index (χ1v) is 11.6. The molecule has 0 fully saturated rings. The highest BCUT2D eigenvalue weighted by Crippen LogP contribution is 2.47. The third-order valence-electron chi connectivity index (χ3n) is 5.44. The quantitative estimate of drug-likeness (QED) is 0.148. The summed E-state index contributed by atoms with van der Waals surface area (Å²) in [4.78, 5) is 27.4. The number of H-pyrrole nitrogens is 1. The van der Waals surface area contributed by atoms with Gasteiger partial charge in [-0.3, -0.25) is 9.59 Å². The van der Waals surface area contributed by atoms with Crippen LogP contribution in [0, 0.1) is 0 Å². The molecule has 37 heavy (non-hydrogen) atoms. The molecule has 4 aromatic rings. The Hall–Kier alpha value is -3.80.